The van der Waals surface area contributed by atoms with Crippen molar-refractivity contribution in [3.63, 3.8) is 0 Å². The second kappa shape index (κ2) is 8.57. The maximum absolute atomic E-state index is 12.8. The molecule has 0 bridgehead atoms. The number of likely N-dealkylation sites (tertiary alicyclic amines) is 1. The van der Waals surface area contributed by atoms with Crippen molar-refractivity contribution in [1.29, 1.82) is 0 Å². The van der Waals surface area contributed by atoms with E-state index in [0.717, 1.165) is 6.42 Å². The average molecular weight is 419 g/mol. The monoisotopic (exact) mass is 417 g/mol. The van der Waals surface area contributed by atoms with E-state index in [-0.39, 0.29) is 30.1 Å². The molecule has 1 saturated heterocycles. The van der Waals surface area contributed by atoms with Gasteiger partial charge in [0, 0.05) is 19.0 Å². The third kappa shape index (κ3) is 3.98. The standard InChI is InChI=1S/C17H21Cl2N5O.ClH/c1-10(2)16-21-15(17(25)23-7-6-11(8-20)9-23)22-24(16)14-12(18)4-3-5-13(14)19;/h3-5,10-11H,6-9,20H2,1-2H3;1H. The lowest BCUT2D eigenvalue weighted by atomic mass is 10.1. The molecule has 0 spiro atoms. The van der Waals surface area contributed by atoms with E-state index in [4.69, 9.17) is 28.9 Å². The summed E-state index contributed by atoms with van der Waals surface area (Å²) in [5, 5.41) is 5.35. The van der Waals surface area contributed by atoms with Crippen LogP contribution in [0.1, 0.15) is 42.6 Å². The van der Waals surface area contributed by atoms with Gasteiger partial charge in [-0.05, 0) is 31.0 Å². The highest BCUT2D eigenvalue weighted by Gasteiger charge is 2.30. The van der Waals surface area contributed by atoms with E-state index in [0.29, 0.717) is 47.1 Å². The Morgan fingerprint density at radius 1 is 1.35 bits per heavy atom. The van der Waals surface area contributed by atoms with Crippen molar-refractivity contribution in [3.8, 4) is 5.69 Å². The molecule has 1 amide bonds. The quantitative estimate of drug-likeness (QED) is 0.824. The number of rotatable bonds is 4. The number of halogens is 3. The fourth-order valence-corrected chi connectivity index (χ4v) is 3.55. The topological polar surface area (TPSA) is 77.0 Å². The van der Waals surface area contributed by atoms with Crippen LogP contribution >= 0.6 is 35.6 Å². The number of carbonyl (C=O) groups is 1. The van der Waals surface area contributed by atoms with E-state index in [1.165, 1.54) is 0 Å². The molecule has 1 aliphatic rings. The van der Waals surface area contributed by atoms with Gasteiger partial charge in [-0.3, -0.25) is 4.79 Å². The highest BCUT2D eigenvalue weighted by atomic mass is 35.5. The molecule has 2 heterocycles. The van der Waals surface area contributed by atoms with Crippen LogP contribution in [0, 0.1) is 5.92 Å². The van der Waals surface area contributed by atoms with Crippen LogP contribution in [0.25, 0.3) is 5.69 Å². The molecule has 1 unspecified atom stereocenters. The van der Waals surface area contributed by atoms with Gasteiger partial charge in [0.05, 0.1) is 10.0 Å². The van der Waals surface area contributed by atoms with Crippen LogP contribution in [0.15, 0.2) is 18.2 Å². The SMILES string of the molecule is CC(C)c1nc(C(=O)N2CCC(CN)C2)nn1-c1c(Cl)cccc1Cl.Cl. The van der Waals surface area contributed by atoms with Crippen molar-refractivity contribution < 1.29 is 4.79 Å². The van der Waals surface area contributed by atoms with E-state index < -0.39 is 0 Å². The Hall–Kier alpha value is -1.34. The zero-order chi connectivity index (χ0) is 18.1. The van der Waals surface area contributed by atoms with E-state index >= 15 is 0 Å². The number of hydrogen-bond acceptors (Lipinski definition) is 4. The largest absolute Gasteiger partial charge is 0.336 e. The number of aromatic nitrogens is 3. The number of nitrogens with zero attached hydrogens (tertiary/aromatic N) is 4. The third-order valence-electron chi connectivity index (χ3n) is 4.40. The molecule has 6 nitrogen and oxygen atoms in total. The predicted molar refractivity (Wildman–Crippen MR) is 106 cm³/mol. The number of para-hydroxylation sites is 1. The molecule has 2 N–H and O–H groups in total. The fourth-order valence-electron chi connectivity index (χ4n) is 3.00. The van der Waals surface area contributed by atoms with Crippen LogP contribution in [-0.2, 0) is 0 Å². The molecule has 2 aromatic rings. The summed E-state index contributed by atoms with van der Waals surface area (Å²) >= 11 is 12.6. The van der Waals surface area contributed by atoms with Gasteiger partial charge in [-0.2, -0.15) is 0 Å². The van der Waals surface area contributed by atoms with E-state index in [9.17, 15) is 4.79 Å². The van der Waals surface area contributed by atoms with Gasteiger partial charge in [0.1, 0.15) is 11.5 Å². The Kier molecular flexibility index (Phi) is 6.91. The molecule has 0 saturated carbocycles. The van der Waals surface area contributed by atoms with Gasteiger partial charge in [0.15, 0.2) is 0 Å². The molecule has 1 fully saturated rings. The molecule has 1 atom stereocenters. The molecule has 3 rings (SSSR count). The van der Waals surface area contributed by atoms with E-state index in [2.05, 4.69) is 10.1 Å². The van der Waals surface area contributed by atoms with Gasteiger partial charge in [-0.1, -0.05) is 43.1 Å². The van der Waals surface area contributed by atoms with E-state index in [1.807, 2.05) is 13.8 Å². The van der Waals surface area contributed by atoms with Crippen LogP contribution in [0.4, 0.5) is 0 Å². The molecule has 142 valence electrons. The second-order valence-electron chi connectivity index (χ2n) is 6.57. The average Bonchev–Trinajstić information content (AvgIpc) is 3.21. The zero-order valence-electron chi connectivity index (χ0n) is 14.7. The van der Waals surface area contributed by atoms with E-state index in [1.54, 1.807) is 27.8 Å². The van der Waals surface area contributed by atoms with Crippen molar-refractivity contribution in [3.05, 3.63) is 39.9 Å². The first-order valence-electron chi connectivity index (χ1n) is 8.33. The molecule has 1 aromatic heterocycles. The zero-order valence-corrected chi connectivity index (χ0v) is 17.0. The van der Waals surface area contributed by atoms with Gasteiger partial charge in [0.2, 0.25) is 5.82 Å². The molecule has 0 radical (unpaired) electrons. The molecule has 0 aliphatic carbocycles. The molecular weight excluding hydrogens is 397 g/mol. The summed E-state index contributed by atoms with van der Waals surface area (Å²) in [6.07, 6.45) is 0.913. The van der Waals surface area contributed by atoms with Crippen molar-refractivity contribution in [2.45, 2.75) is 26.2 Å². The molecular formula is C17H22Cl3N5O. The Bertz CT molecular complexity index is 772. The van der Waals surface area contributed by atoms with Crippen molar-refractivity contribution in [2.75, 3.05) is 19.6 Å². The summed E-state index contributed by atoms with van der Waals surface area (Å²) < 4.78 is 1.58. The van der Waals surface area contributed by atoms with Crippen LogP contribution < -0.4 is 5.73 Å². The van der Waals surface area contributed by atoms with Gasteiger partial charge >= 0.3 is 0 Å². The Morgan fingerprint density at radius 2 is 2.00 bits per heavy atom. The number of nitrogens with two attached hydrogens (primary N) is 1. The lowest BCUT2D eigenvalue weighted by Gasteiger charge is -2.13. The smallest absolute Gasteiger partial charge is 0.293 e. The number of amides is 1. The first-order valence-corrected chi connectivity index (χ1v) is 9.08. The first kappa shape index (κ1) is 21.0. The minimum absolute atomic E-state index is 0. The van der Waals surface area contributed by atoms with Gasteiger partial charge < -0.3 is 10.6 Å². The predicted octanol–water partition coefficient (Wildman–Crippen LogP) is 3.54. The summed E-state index contributed by atoms with van der Waals surface area (Å²) in [6, 6.07) is 5.24. The number of carbonyl (C=O) groups excluding carboxylic acids is 1. The van der Waals surface area contributed by atoms with Gasteiger partial charge in [-0.25, -0.2) is 9.67 Å². The minimum Gasteiger partial charge on any atom is -0.336 e. The summed E-state index contributed by atoms with van der Waals surface area (Å²) in [6.45, 7) is 5.88. The van der Waals surface area contributed by atoms with Crippen LogP contribution in [0.5, 0.6) is 0 Å². The number of hydrogen-bond donors (Lipinski definition) is 1. The Labute approximate surface area is 169 Å². The Balaban J connectivity index is 0.00000243. The Morgan fingerprint density at radius 3 is 2.54 bits per heavy atom. The lowest BCUT2D eigenvalue weighted by Crippen LogP contribution is -2.30. The summed E-state index contributed by atoms with van der Waals surface area (Å²) in [7, 11) is 0. The van der Waals surface area contributed by atoms with Gasteiger partial charge in [-0.15, -0.1) is 17.5 Å². The molecule has 1 aliphatic heterocycles. The van der Waals surface area contributed by atoms with Gasteiger partial charge in [0.25, 0.3) is 5.91 Å². The highest BCUT2D eigenvalue weighted by Crippen LogP contribution is 2.30. The molecule has 1 aromatic carbocycles. The maximum Gasteiger partial charge on any atom is 0.293 e. The molecule has 26 heavy (non-hydrogen) atoms. The normalized spacial score (nSPS) is 16.8. The summed E-state index contributed by atoms with van der Waals surface area (Å²) in [5.74, 6) is 1.02. The summed E-state index contributed by atoms with van der Waals surface area (Å²) in [4.78, 5) is 19.0. The van der Waals surface area contributed by atoms with Crippen molar-refractivity contribution in [1.82, 2.24) is 19.7 Å². The maximum atomic E-state index is 12.8. The molecule has 9 heteroatoms. The van der Waals surface area contributed by atoms with Crippen LogP contribution in [0.2, 0.25) is 10.0 Å². The van der Waals surface area contributed by atoms with Crippen molar-refractivity contribution in [2.24, 2.45) is 11.7 Å². The summed E-state index contributed by atoms with van der Waals surface area (Å²) in [5.41, 5.74) is 6.25. The first-order chi connectivity index (χ1) is 11.9. The van der Waals surface area contributed by atoms with Crippen LogP contribution in [-0.4, -0.2) is 45.2 Å². The van der Waals surface area contributed by atoms with Crippen LogP contribution in [0.3, 0.4) is 0 Å². The van der Waals surface area contributed by atoms with Crippen molar-refractivity contribution >= 4 is 41.5 Å². The second-order valence-corrected chi connectivity index (χ2v) is 7.39. The fraction of sp³-hybridized carbons (Fsp3) is 0.471. The third-order valence-corrected chi connectivity index (χ3v) is 5.01. The number of benzene rings is 1. The highest BCUT2D eigenvalue weighted by molar-refractivity contribution is 6.37. The minimum atomic E-state index is -0.181. The lowest BCUT2D eigenvalue weighted by molar-refractivity contribution is 0.0775.